The van der Waals surface area contributed by atoms with Gasteiger partial charge in [0.1, 0.15) is 9.84 Å². The first-order chi connectivity index (χ1) is 7.97. The average molecular weight is 261 g/mol. The predicted molar refractivity (Wildman–Crippen MR) is 73.0 cm³/mol. The Labute approximate surface area is 106 Å². The third-order valence-electron chi connectivity index (χ3n) is 3.83. The van der Waals surface area contributed by atoms with Crippen molar-refractivity contribution in [3.63, 3.8) is 0 Å². The van der Waals surface area contributed by atoms with Crippen molar-refractivity contribution in [1.29, 1.82) is 0 Å². The number of rotatable bonds is 6. The van der Waals surface area contributed by atoms with Crippen molar-refractivity contribution in [2.75, 3.05) is 6.26 Å². The van der Waals surface area contributed by atoms with Crippen molar-refractivity contribution in [3.05, 3.63) is 0 Å². The molecular weight excluding hydrogens is 234 g/mol. The van der Waals surface area contributed by atoms with E-state index < -0.39 is 9.84 Å². The summed E-state index contributed by atoms with van der Waals surface area (Å²) in [4.78, 5) is 0. The minimum absolute atomic E-state index is 0.118. The van der Waals surface area contributed by atoms with Gasteiger partial charge in [-0.2, -0.15) is 0 Å². The van der Waals surface area contributed by atoms with E-state index in [4.69, 9.17) is 0 Å². The van der Waals surface area contributed by atoms with Gasteiger partial charge in [0, 0.05) is 18.3 Å². The molecule has 0 spiro atoms. The van der Waals surface area contributed by atoms with E-state index in [-0.39, 0.29) is 5.25 Å². The Morgan fingerprint density at radius 1 is 1.29 bits per heavy atom. The zero-order chi connectivity index (χ0) is 12.9. The summed E-state index contributed by atoms with van der Waals surface area (Å²) < 4.78 is 23.2. The monoisotopic (exact) mass is 261 g/mol. The molecule has 3 nitrogen and oxygen atoms in total. The second-order valence-corrected chi connectivity index (χ2v) is 7.70. The van der Waals surface area contributed by atoms with E-state index in [0.717, 1.165) is 32.1 Å². The molecule has 0 radical (unpaired) electrons. The fourth-order valence-corrected chi connectivity index (χ4v) is 3.95. The number of sulfone groups is 1. The highest BCUT2D eigenvalue weighted by Gasteiger charge is 2.29. The molecule has 1 N–H and O–H groups in total. The minimum atomic E-state index is -2.85. The van der Waals surface area contributed by atoms with Crippen LogP contribution in [0.15, 0.2) is 0 Å². The smallest absolute Gasteiger partial charge is 0.150 e. The molecule has 3 unspecified atom stereocenters. The summed E-state index contributed by atoms with van der Waals surface area (Å²) in [5.74, 6) is 0. The summed E-state index contributed by atoms with van der Waals surface area (Å²) in [6, 6.07) is 0.961. The lowest BCUT2D eigenvalue weighted by molar-refractivity contribution is 0.321. The summed E-state index contributed by atoms with van der Waals surface area (Å²) >= 11 is 0. The van der Waals surface area contributed by atoms with Crippen LogP contribution in [-0.2, 0) is 9.84 Å². The molecule has 0 bridgehead atoms. The lowest BCUT2D eigenvalue weighted by atomic mass is 9.93. The first kappa shape index (κ1) is 15.0. The standard InChI is InChI=1S/C13H27NO2S/c1-4-7-11(5-2)14-12-8-6-9-13(10-12)17(3,15)16/h11-14H,4-10H2,1-3H3. The highest BCUT2D eigenvalue weighted by molar-refractivity contribution is 7.91. The van der Waals surface area contributed by atoms with Crippen LogP contribution in [0, 0.1) is 0 Å². The Balaban J connectivity index is 2.49. The molecule has 0 aromatic carbocycles. The molecule has 1 aliphatic carbocycles. The van der Waals surface area contributed by atoms with Crippen LogP contribution < -0.4 is 5.32 Å². The third-order valence-corrected chi connectivity index (χ3v) is 5.47. The molecule has 0 aromatic rings. The van der Waals surface area contributed by atoms with Crippen LogP contribution in [0.3, 0.4) is 0 Å². The molecule has 0 heterocycles. The maximum atomic E-state index is 11.6. The second kappa shape index (κ2) is 6.74. The fraction of sp³-hybridized carbons (Fsp3) is 1.00. The van der Waals surface area contributed by atoms with Crippen LogP contribution in [0.1, 0.15) is 58.8 Å². The van der Waals surface area contributed by atoms with E-state index in [9.17, 15) is 8.42 Å². The van der Waals surface area contributed by atoms with E-state index in [1.165, 1.54) is 19.1 Å². The van der Waals surface area contributed by atoms with Crippen molar-refractivity contribution >= 4 is 9.84 Å². The van der Waals surface area contributed by atoms with Gasteiger partial charge in [0.2, 0.25) is 0 Å². The van der Waals surface area contributed by atoms with E-state index in [0.29, 0.717) is 12.1 Å². The predicted octanol–water partition coefficient (Wildman–Crippen LogP) is 2.51. The highest BCUT2D eigenvalue weighted by atomic mass is 32.2. The van der Waals surface area contributed by atoms with Gasteiger partial charge in [-0.05, 0) is 32.1 Å². The van der Waals surface area contributed by atoms with Gasteiger partial charge >= 0.3 is 0 Å². The molecule has 0 aliphatic heterocycles. The summed E-state index contributed by atoms with van der Waals surface area (Å²) in [5.41, 5.74) is 0. The summed E-state index contributed by atoms with van der Waals surface area (Å²) in [6.45, 7) is 4.40. The topological polar surface area (TPSA) is 46.2 Å². The fourth-order valence-electron chi connectivity index (χ4n) is 2.77. The van der Waals surface area contributed by atoms with Gasteiger partial charge in [-0.25, -0.2) is 8.42 Å². The molecule has 3 atom stereocenters. The molecular formula is C13H27NO2S. The normalized spacial score (nSPS) is 27.9. The lowest BCUT2D eigenvalue weighted by Crippen LogP contribution is -2.43. The zero-order valence-electron chi connectivity index (χ0n) is 11.4. The van der Waals surface area contributed by atoms with Crippen LogP contribution in [-0.4, -0.2) is 32.0 Å². The van der Waals surface area contributed by atoms with Gasteiger partial charge in [0.05, 0.1) is 5.25 Å². The molecule has 102 valence electrons. The van der Waals surface area contributed by atoms with Crippen molar-refractivity contribution < 1.29 is 8.42 Å². The molecule has 1 rings (SSSR count). The van der Waals surface area contributed by atoms with Crippen molar-refractivity contribution in [3.8, 4) is 0 Å². The molecule has 1 fully saturated rings. The first-order valence-electron chi connectivity index (χ1n) is 6.92. The van der Waals surface area contributed by atoms with Crippen LogP contribution >= 0.6 is 0 Å². The lowest BCUT2D eigenvalue weighted by Gasteiger charge is -2.31. The van der Waals surface area contributed by atoms with Gasteiger partial charge in [-0.1, -0.05) is 26.7 Å². The van der Waals surface area contributed by atoms with Crippen LogP contribution in [0.5, 0.6) is 0 Å². The van der Waals surface area contributed by atoms with Crippen LogP contribution in [0.4, 0.5) is 0 Å². The summed E-state index contributed by atoms with van der Waals surface area (Å²) in [5, 5.41) is 3.53. The molecule has 0 aromatic heterocycles. The Kier molecular flexibility index (Phi) is 5.93. The van der Waals surface area contributed by atoms with E-state index in [2.05, 4.69) is 19.2 Å². The zero-order valence-corrected chi connectivity index (χ0v) is 12.2. The van der Waals surface area contributed by atoms with E-state index >= 15 is 0 Å². The van der Waals surface area contributed by atoms with Crippen LogP contribution in [0.25, 0.3) is 0 Å². The molecule has 1 aliphatic rings. The summed E-state index contributed by atoms with van der Waals surface area (Å²) in [7, 11) is -2.85. The molecule has 17 heavy (non-hydrogen) atoms. The molecule has 0 saturated heterocycles. The SMILES string of the molecule is CCCC(CC)NC1CCCC(S(C)(=O)=O)C1. The largest absolute Gasteiger partial charge is 0.311 e. The Morgan fingerprint density at radius 2 is 2.00 bits per heavy atom. The summed E-state index contributed by atoms with van der Waals surface area (Å²) in [6.07, 6.45) is 8.71. The molecule has 4 heteroatoms. The van der Waals surface area contributed by atoms with Crippen LogP contribution in [0.2, 0.25) is 0 Å². The molecule has 1 saturated carbocycles. The van der Waals surface area contributed by atoms with Crippen molar-refractivity contribution in [2.24, 2.45) is 0 Å². The number of hydrogen-bond acceptors (Lipinski definition) is 3. The van der Waals surface area contributed by atoms with Gasteiger partial charge in [0.15, 0.2) is 0 Å². The van der Waals surface area contributed by atoms with Crippen molar-refractivity contribution in [2.45, 2.75) is 76.1 Å². The van der Waals surface area contributed by atoms with Gasteiger partial charge in [-0.3, -0.25) is 0 Å². The second-order valence-electron chi connectivity index (χ2n) is 5.38. The average Bonchev–Trinajstić information content (AvgIpc) is 2.28. The Morgan fingerprint density at radius 3 is 2.53 bits per heavy atom. The van der Waals surface area contributed by atoms with Gasteiger partial charge < -0.3 is 5.32 Å². The van der Waals surface area contributed by atoms with Crippen molar-refractivity contribution in [1.82, 2.24) is 5.32 Å². The quantitative estimate of drug-likeness (QED) is 0.799. The molecule has 0 amide bonds. The maximum absolute atomic E-state index is 11.6. The maximum Gasteiger partial charge on any atom is 0.150 e. The third kappa shape index (κ3) is 4.96. The van der Waals surface area contributed by atoms with E-state index in [1.807, 2.05) is 0 Å². The van der Waals surface area contributed by atoms with Gasteiger partial charge in [-0.15, -0.1) is 0 Å². The number of nitrogens with one attached hydrogen (secondary N) is 1. The minimum Gasteiger partial charge on any atom is -0.311 e. The highest BCUT2D eigenvalue weighted by Crippen LogP contribution is 2.24. The van der Waals surface area contributed by atoms with E-state index in [1.54, 1.807) is 0 Å². The Bertz CT molecular complexity index is 313. The number of hydrogen-bond donors (Lipinski definition) is 1. The first-order valence-corrected chi connectivity index (χ1v) is 8.87. The Hall–Kier alpha value is -0.0900. The van der Waals surface area contributed by atoms with Gasteiger partial charge in [0.25, 0.3) is 0 Å².